The number of carbonyl (C=O) groups excluding carboxylic acids is 1. The van der Waals surface area contributed by atoms with Crippen molar-refractivity contribution >= 4 is 17.6 Å². The SMILES string of the molecule is NC(=NO)C(NC(=O)Nc1ccccc1F)C1CC1. The highest BCUT2D eigenvalue weighted by Gasteiger charge is 2.35. The van der Waals surface area contributed by atoms with Crippen molar-refractivity contribution in [1.82, 2.24) is 5.32 Å². The van der Waals surface area contributed by atoms with Crippen LogP contribution in [0.3, 0.4) is 0 Å². The molecule has 2 rings (SSSR count). The Kier molecular flexibility index (Phi) is 3.84. The molecule has 0 aliphatic heterocycles. The van der Waals surface area contributed by atoms with Crippen molar-refractivity contribution in [1.29, 1.82) is 0 Å². The minimum Gasteiger partial charge on any atom is -0.409 e. The number of halogens is 1. The minimum atomic E-state index is -0.589. The number of hydrogen-bond acceptors (Lipinski definition) is 3. The first-order chi connectivity index (χ1) is 9.11. The average molecular weight is 266 g/mol. The van der Waals surface area contributed by atoms with E-state index in [0.717, 1.165) is 12.8 Å². The Bertz CT molecular complexity index is 502. The molecule has 102 valence electrons. The van der Waals surface area contributed by atoms with Gasteiger partial charge in [0.2, 0.25) is 0 Å². The summed E-state index contributed by atoms with van der Waals surface area (Å²) in [6.45, 7) is 0. The number of rotatable bonds is 4. The Balaban J connectivity index is 1.98. The first-order valence-electron chi connectivity index (χ1n) is 5.91. The van der Waals surface area contributed by atoms with Crippen LogP contribution in [0.5, 0.6) is 0 Å². The molecule has 1 unspecified atom stereocenters. The van der Waals surface area contributed by atoms with Gasteiger partial charge in [-0.1, -0.05) is 17.3 Å². The van der Waals surface area contributed by atoms with E-state index in [1.807, 2.05) is 0 Å². The molecule has 0 heterocycles. The highest BCUT2D eigenvalue weighted by Crippen LogP contribution is 2.32. The van der Waals surface area contributed by atoms with Gasteiger partial charge in [0, 0.05) is 0 Å². The first-order valence-corrected chi connectivity index (χ1v) is 5.91. The zero-order valence-electron chi connectivity index (χ0n) is 10.1. The lowest BCUT2D eigenvalue weighted by atomic mass is 10.2. The van der Waals surface area contributed by atoms with E-state index in [1.54, 1.807) is 6.07 Å². The normalized spacial score (nSPS) is 16.8. The molecule has 0 aromatic heterocycles. The Hall–Kier alpha value is -2.31. The molecule has 1 saturated carbocycles. The highest BCUT2D eigenvalue weighted by atomic mass is 19.1. The lowest BCUT2D eigenvalue weighted by Gasteiger charge is -2.17. The standard InChI is InChI=1S/C12H15FN4O2/c13-8-3-1-2-4-9(8)15-12(18)16-10(7-5-6-7)11(14)17-19/h1-4,7,10,19H,5-6H2,(H2,14,17)(H2,15,16,18). The summed E-state index contributed by atoms with van der Waals surface area (Å²) in [6, 6.07) is 4.72. The van der Waals surface area contributed by atoms with Crippen LogP contribution < -0.4 is 16.4 Å². The second-order valence-electron chi connectivity index (χ2n) is 4.42. The van der Waals surface area contributed by atoms with E-state index in [9.17, 15) is 9.18 Å². The predicted octanol–water partition coefficient (Wildman–Crippen LogP) is 1.47. The third-order valence-corrected chi connectivity index (χ3v) is 2.94. The van der Waals surface area contributed by atoms with Gasteiger partial charge in [-0.3, -0.25) is 0 Å². The average Bonchev–Trinajstić information content (AvgIpc) is 3.22. The predicted molar refractivity (Wildman–Crippen MR) is 68.5 cm³/mol. The number of amidine groups is 1. The summed E-state index contributed by atoms with van der Waals surface area (Å²) in [6.07, 6.45) is 1.81. The molecule has 7 heteroatoms. The number of anilines is 1. The van der Waals surface area contributed by atoms with Crippen molar-refractivity contribution in [3.8, 4) is 0 Å². The summed E-state index contributed by atoms with van der Waals surface area (Å²) in [5.41, 5.74) is 5.59. The minimum absolute atomic E-state index is 0.0498. The molecule has 6 nitrogen and oxygen atoms in total. The molecule has 1 atom stereocenters. The van der Waals surface area contributed by atoms with Crippen LogP contribution in [0.2, 0.25) is 0 Å². The molecular formula is C12H15FN4O2. The van der Waals surface area contributed by atoms with E-state index in [2.05, 4.69) is 15.8 Å². The fourth-order valence-corrected chi connectivity index (χ4v) is 1.79. The maximum absolute atomic E-state index is 13.4. The molecule has 0 radical (unpaired) electrons. The van der Waals surface area contributed by atoms with Gasteiger partial charge in [-0.25, -0.2) is 9.18 Å². The van der Waals surface area contributed by atoms with Crippen LogP contribution in [0.25, 0.3) is 0 Å². The molecule has 1 aliphatic rings. The molecule has 0 saturated heterocycles. The Labute approximate surface area is 109 Å². The Morgan fingerprint density at radius 3 is 2.74 bits per heavy atom. The van der Waals surface area contributed by atoms with Gasteiger partial charge in [-0.2, -0.15) is 0 Å². The molecule has 1 aromatic rings. The van der Waals surface area contributed by atoms with E-state index in [4.69, 9.17) is 10.9 Å². The number of nitrogens with two attached hydrogens (primary N) is 1. The lowest BCUT2D eigenvalue weighted by molar-refractivity contribution is 0.249. The van der Waals surface area contributed by atoms with Crippen LogP contribution in [0.4, 0.5) is 14.9 Å². The number of hydrogen-bond donors (Lipinski definition) is 4. The van der Waals surface area contributed by atoms with Crippen molar-refractivity contribution in [3.05, 3.63) is 30.1 Å². The van der Waals surface area contributed by atoms with E-state index >= 15 is 0 Å². The number of para-hydroxylation sites is 1. The van der Waals surface area contributed by atoms with Crippen molar-refractivity contribution < 1.29 is 14.4 Å². The van der Waals surface area contributed by atoms with Crippen LogP contribution in [0.15, 0.2) is 29.4 Å². The van der Waals surface area contributed by atoms with Gasteiger partial charge in [0.1, 0.15) is 5.82 Å². The lowest BCUT2D eigenvalue weighted by Crippen LogP contribution is -2.47. The van der Waals surface area contributed by atoms with Crippen molar-refractivity contribution in [2.75, 3.05) is 5.32 Å². The molecule has 1 aromatic carbocycles. The van der Waals surface area contributed by atoms with Crippen LogP contribution in [0, 0.1) is 11.7 Å². The summed E-state index contributed by atoms with van der Waals surface area (Å²) in [5.74, 6) is -0.405. The van der Waals surface area contributed by atoms with Crippen LogP contribution in [-0.2, 0) is 0 Å². The summed E-state index contributed by atoms with van der Waals surface area (Å²) < 4.78 is 13.4. The van der Waals surface area contributed by atoms with Crippen LogP contribution in [-0.4, -0.2) is 23.1 Å². The number of carbonyl (C=O) groups is 1. The number of benzene rings is 1. The van der Waals surface area contributed by atoms with Gasteiger partial charge in [0.25, 0.3) is 0 Å². The van der Waals surface area contributed by atoms with Gasteiger partial charge in [0.05, 0.1) is 11.7 Å². The van der Waals surface area contributed by atoms with Gasteiger partial charge in [-0.05, 0) is 30.9 Å². The van der Waals surface area contributed by atoms with E-state index in [0.29, 0.717) is 0 Å². The number of nitrogens with zero attached hydrogens (tertiary/aromatic N) is 1. The number of nitrogens with one attached hydrogen (secondary N) is 2. The second-order valence-corrected chi connectivity index (χ2v) is 4.42. The number of urea groups is 1. The molecule has 1 fully saturated rings. The zero-order chi connectivity index (χ0) is 13.8. The van der Waals surface area contributed by atoms with Gasteiger partial charge >= 0.3 is 6.03 Å². The topological polar surface area (TPSA) is 99.7 Å². The van der Waals surface area contributed by atoms with Gasteiger partial charge in [0.15, 0.2) is 5.84 Å². The number of amides is 2. The summed E-state index contributed by atoms with van der Waals surface area (Å²) >= 11 is 0. The third kappa shape index (κ3) is 3.34. The molecule has 0 bridgehead atoms. The summed E-state index contributed by atoms with van der Waals surface area (Å²) in [5, 5.41) is 16.5. The molecule has 0 spiro atoms. The van der Waals surface area contributed by atoms with E-state index < -0.39 is 17.9 Å². The van der Waals surface area contributed by atoms with Crippen molar-refractivity contribution in [2.24, 2.45) is 16.8 Å². The van der Waals surface area contributed by atoms with Crippen LogP contribution >= 0.6 is 0 Å². The monoisotopic (exact) mass is 266 g/mol. The van der Waals surface area contributed by atoms with Crippen molar-refractivity contribution in [2.45, 2.75) is 18.9 Å². The van der Waals surface area contributed by atoms with E-state index in [1.165, 1.54) is 18.2 Å². The van der Waals surface area contributed by atoms with Gasteiger partial charge < -0.3 is 21.6 Å². The Morgan fingerprint density at radius 1 is 1.47 bits per heavy atom. The fraction of sp³-hybridized carbons (Fsp3) is 0.333. The van der Waals surface area contributed by atoms with Gasteiger partial charge in [-0.15, -0.1) is 0 Å². The molecular weight excluding hydrogens is 251 g/mol. The molecule has 19 heavy (non-hydrogen) atoms. The molecule has 2 amide bonds. The fourth-order valence-electron chi connectivity index (χ4n) is 1.79. The Morgan fingerprint density at radius 2 is 2.16 bits per heavy atom. The summed E-state index contributed by atoms with van der Waals surface area (Å²) in [7, 11) is 0. The second kappa shape index (κ2) is 5.55. The third-order valence-electron chi connectivity index (χ3n) is 2.94. The quantitative estimate of drug-likeness (QED) is 0.287. The maximum atomic E-state index is 13.4. The van der Waals surface area contributed by atoms with E-state index in [-0.39, 0.29) is 17.4 Å². The highest BCUT2D eigenvalue weighted by molar-refractivity contribution is 5.95. The maximum Gasteiger partial charge on any atom is 0.319 e. The summed E-state index contributed by atoms with van der Waals surface area (Å²) in [4.78, 5) is 11.7. The number of oxime groups is 1. The molecule has 5 N–H and O–H groups in total. The van der Waals surface area contributed by atoms with Crippen molar-refractivity contribution in [3.63, 3.8) is 0 Å². The van der Waals surface area contributed by atoms with Crippen LogP contribution in [0.1, 0.15) is 12.8 Å². The molecule has 1 aliphatic carbocycles. The largest absolute Gasteiger partial charge is 0.409 e. The smallest absolute Gasteiger partial charge is 0.319 e. The first kappa shape index (κ1) is 13.1. The zero-order valence-corrected chi connectivity index (χ0v) is 10.1.